The van der Waals surface area contributed by atoms with Crippen molar-refractivity contribution in [3.63, 3.8) is 0 Å². The third-order valence-electron chi connectivity index (χ3n) is 5.40. The van der Waals surface area contributed by atoms with Gasteiger partial charge in [0.05, 0.1) is 6.10 Å². The van der Waals surface area contributed by atoms with Gasteiger partial charge in [-0.3, -0.25) is 4.79 Å². The van der Waals surface area contributed by atoms with Gasteiger partial charge in [0.1, 0.15) is 0 Å². The number of hydrogen-bond donors (Lipinski definition) is 2. The summed E-state index contributed by atoms with van der Waals surface area (Å²) < 4.78 is 0. The van der Waals surface area contributed by atoms with E-state index in [2.05, 4.69) is 5.32 Å². The zero-order valence-corrected chi connectivity index (χ0v) is 15.0. The summed E-state index contributed by atoms with van der Waals surface area (Å²) in [6, 6.07) is 9.88. The molecular weight excluding hydrogens is 324 g/mol. The first-order valence-electron chi connectivity index (χ1n) is 8.95. The summed E-state index contributed by atoms with van der Waals surface area (Å²) in [5.74, 6) is 1.13. The SMILES string of the molecule is Cl.O=C(CC1CCNCC1)N1CCC(C(O)c2ccccc2)CC1. The molecule has 2 saturated heterocycles. The van der Waals surface area contributed by atoms with Crippen molar-refractivity contribution in [2.75, 3.05) is 26.2 Å². The van der Waals surface area contributed by atoms with Crippen LogP contribution in [0.2, 0.25) is 0 Å². The molecule has 0 saturated carbocycles. The van der Waals surface area contributed by atoms with Crippen molar-refractivity contribution in [3.8, 4) is 0 Å². The van der Waals surface area contributed by atoms with Gasteiger partial charge in [-0.15, -0.1) is 12.4 Å². The molecule has 0 aliphatic carbocycles. The first-order chi connectivity index (χ1) is 11.2. The Labute approximate surface area is 151 Å². The van der Waals surface area contributed by atoms with Crippen LogP contribution in [-0.2, 0) is 4.79 Å². The predicted molar refractivity (Wildman–Crippen MR) is 98.2 cm³/mol. The second kappa shape index (κ2) is 9.40. The number of halogens is 1. The normalized spacial score (nSPS) is 21.1. The quantitative estimate of drug-likeness (QED) is 0.876. The van der Waals surface area contributed by atoms with E-state index in [9.17, 15) is 9.90 Å². The van der Waals surface area contributed by atoms with Gasteiger partial charge < -0.3 is 15.3 Å². The summed E-state index contributed by atoms with van der Waals surface area (Å²) in [5.41, 5.74) is 0.993. The van der Waals surface area contributed by atoms with Crippen molar-refractivity contribution in [1.82, 2.24) is 10.2 Å². The number of hydrogen-bond acceptors (Lipinski definition) is 3. The van der Waals surface area contributed by atoms with Crippen molar-refractivity contribution in [3.05, 3.63) is 35.9 Å². The number of piperidine rings is 2. The molecule has 24 heavy (non-hydrogen) atoms. The fourth-order valence-corrected chi connectivity index (χ4v) is 3.85. The molecule has 2 heterocycles. The third-order valence-corrected chi connectivity index (χ3v) is 5.40. The van der Waals surface area contributed by atoms with Gasteiger partial charge >= 0.3 is 0 Å². The van der Waals surface area contributed by atoms with Crippen LogP contribution in [0.15, 0.2) is 30.3 Å². The maximum absolute atomic E-state index is 12.5. The van der Waals surface area contributed by atoms with E-state index >= 15 is 0 Å². The molecule has 134 valence electrons. The van der Waals surface area contributed by atoms with Crippen LogP contribution in [0.25, 0.3) is 0 Å². The lowest BCUT2D eigenvalue weighted by Gasteiger charge is -2.35. The maximum Gasteiger partial charge on any atom is 0.222 e. The molecule has 1 unspecified atom stereocenters. The van der Waals surface area contributed by atoms with Crippen LogP contribution >= 0.6 is 12.4 Å². The van der Waals surface area contributed by atoms with Crippen molar-refractivity contribution in [1.29, 1.82) is 0 Å². The Balaban J connectivity index is 0.00000208. The van der Waals surface area contributed by atoms with Crippen molar-refractivity contribution in [2.45, 2.75) is 38.2 Å². The van der Waals surface area contributed by atoms with Gasteiger partial charge in [0.2, 0.25) is 5.91 Å². The molecule has 1 aromatic rings. The molecule has 2 aliphatic heterocycles. The number of nitrogens with one attached hydrogen (secondary N) is 1. The van der Waals surface area contributed by atoms with Crippen LogP contribution in [0, 0.1) is 11.8 Å². The van der Waals surface area contributed by atoms with Crippen LogP contribution in [0.5, 0.6) is 0 Å². The third kappa shape index (κ3) is 4.95. The van der Waals surface area contributed by atoms with E-state index in [0.29, 0.717) is 18.2 Å². The highest BCUT2D eigenvalue weighted by atomic mass is 35.5. The van der Waals surface area contributed by atoms with E-state index in [1.54, 1.807) is 0 Å². The lowest BCUT2D eigenvalue weighted by molar-refractivity contribution is -0.134. The summed E-state index contributed by atoms with van der Waals surface area (Å²) in [4.78, 5) is 14.5. The molecular formula is C19H29ClN2O2. The number of nitrogens with zero attached hydrogens (tertiary/aromatic N) is 1. The monoisotopic (exact) mass is 352 g/mol. The Kier molecular flexibility index (Phi) is 7.53. The number of carbonyl (C=O) groups is 1. The van der Waals surface area contributed by atoms with E-state index in [-0.39, 0.29) is 18.3 Å². The number of carbonyl (C=O) groups excluding carboxylic acids is 1. The van der Waals surface area contributed by atoms with Gasteiger partial charge in [-0.2, -0.15) is 0 Å². The molecule has 5 heteroatoms. The van der Waals surface area contributed by atoms with E-state index in [4.69, 9.17) is 0 Å². The molecule has 4 nitrogen and oxygen atoms in total. The zero-order valence-electron chi connectivity index (χ0n) is 14.2. The Morgan fingerprint density at radius 3 is 2.38 bits per heavy atom. The Bertz CT molecular complexity index is 497. The molecule has 0 aromatic heterocycles. The lowest BCUT2D eigenvalue weighted by atomic mass is 9.87. The number of aliphatic hydroxyl groups is 1. The molecule has 0 radical (unpaired) electrons. The van der Waals surface area contributed by atoms with Crippen LogP contribution in [0.4, 0.5) is 0 Å². The molecule has 1 aromatic carbocycles. The maximum atomic E-state index is 12.5. The number of amides is 1. The summed E-state index contributed by atoms with van der Waals surface area (Å²) >= 11 is 0. The average Bonchev–Trinajstić information content (AvgIpc) is 2.63. The fraction of sp³-hybridized carbons (Fsp3) is 0.632. The number of likely N-dealkylation sites (tertiary alicyclic amines) is 1. The van der Waals surface area contributed by atoms with Crippen LogP contribution in [0.1, 0.15) is 43.8 Å². The molecule has 2 N–H and O–H groups in total. The molecule has 2 fully saturated rings. The molecule has 0 bridgehead atoms. The number of benzene rings is 1. The van der Waals surface area contributed by atoms with Gasteiger partial charge in [0, 0.05) is 19.5 Å². The summed E-state index contributed by atoms with van der Waals surface area (Å²) in [6.07, 6.45) is 4.33. The first kappa shape index (κ1) is 19.2. The summed E-state index contributed by atoms with van der Waals surface area (Å²) in [6.45, 7) is 3.67. The Hall–Kier alpha value is -1.10. The van der Waals surface area contributed by atoms with Gasteiger partial charge in [-0.25, -0.2) is 0 Å². The molecule has 1 atom stereocenters. The summed E-state index contributed by atoms with van der Waals surface area (Å²) in [7, 11) is 0. The highest BCUT2D eigenvalue weighted by Gasteiger charge is 2.29. The largest absolute Gasteiger partial charge is 0.388 e. The zero-order chi connectivity index (χ0) is 16.1. The second-order valence-electron chi connectivity index (χ2n) is 6.97. The van der Waals surface area contributed by atoms with E-state index in [1.165, 1.54) is 0 Å². The van der Waals surface area contributed by atoms with E-state index in [0.717, 1.165) is 57.4 Å². The first-order valence-corrected chi connectivity index (χ1v) is 8.95. The average molecular weight is 353 g/mol. The van der Waals surface area contributed by atoms with Gasteiger partial charge in [-0.05, 0) is 56.2 Å². The Morgan fingerprint density at radius 2 is 1.75 bits per heavy atom. The predicted octanol–water partition coefficient (Wildman–Crippen LogP) is 2.77. The smallest absolute Gasteiger partial charge is 0.222 e. The van der Waals surface area contributed by atoms with Crippen molar-refractivity contribution < 1.29 is 9.90 Å². The highest BCUT2D eigenvalue weighted by molar-refractivity contribution is 5.85. The van der Waals surface area contributed by atoms with Gasteiger partial charge in [-0.1, -0.05) is 30.3 Å². The van der Waals surface area contributed by atoms with Crippen LogP contribution in [-0.4, -0.2) is 42.1 Å². The molecule has 0 spiro atoms. The number of aliphatic hydroxyl groups excluding tert-OH is 1. The fourth-order valence-electron chi connectivity index (χ4n) is 3.85. The minimum absolute atomic E-state index is 0. The standard InChI is InChI=1S/C19H28N2O2.ClH/c22-18(14-15-6-10-20-11-7-15)21-12-8-17(9-13-21)19(23)16-4-2-1-3-5-16;/h1-5,15,17,19-20,23H,6-14H2;1H. The topological polar surface area (TPSA) is 52.6 Å². The van der Waals surface area contributed by atoms with Gasteiger partial charge in [0.15, 0.2) is 0 Å². The minimum atomic E-state index is -0.405. The van der Waals surface area contributed by atoms with Crippen LogP contribution < -0.4 is 5.32 Å². The van der Waals surface area contributed by atoms with Gasteiger partial charge in [0.25, 0.3) is 0 Å². The second-order valence-corrected chi connectivity index (χ2v) is 6.97. The summed E-state index contributed by atoms with van der Waals surface area (Å²) in [5, 5.41) is 13.9. The van der Waals surface area contributed by atoms with E-state index in [1.807, 2.05) is 35.2 Å². The van der Waals surface area contributed by atoms with Crippen molar-refractivity contribution >= 4 is 18.3 Å². The van der Waals surface area contributed by atoms with Crippen molar-refractivity contribution in [2.24, 2.45) is 11.8 Å². The minimum Gasteiger partial charge on any atom is -0.388 e. The molecule has 3 rings (SSSR count). The van der Waals surface area contributed by atoms with Crippen LogP contribution in [0.3, 0.4) is 0 Å². The Morgan fingerprint density at radius 1 is 1.12 bits per heavy atom. The van der Waals surface area contributed by atoms with E-state index < -0.39 is 6.10 Å². The lowest BCUT2D eigenvalue weighted by Crippen LogP contribution is -2.41. The molecule has 1 amide bonds. The highest BCUT2D eigenvalue weighted by Crippen LogP contribution is 2.31. The molecule has 2 aliphatic rings. The number of rotatable bonds is 4.